The lowest BCUT2D eigenvalue weighted by Gasteiger charge is -2.38. The zero-order chi connectivity index (χ0) is 14.6. The summed E-state index contributed by atoms with van der Waals surface area (Å²) in [6.45, 7) is 4.63. The summed E-state index contributed by atoms with van der Waals surface area (Å²) in [5, 5.41) is 0. The molecule has 19 heavy (non-hydrogen) atoms. The maximum atomic E-state index is 12.2. The van der Waals surface area contributed by atoms with E-state index in [9.17, 15) is 14.4 Å². The van der Waals surface area contributed by atoms with Gasteiger partial charge in [0, 0.05) is 13.1 Å². The Bertz CT molecular complexity index is 353. The number of barbiturate groups is 1. The van der Waals surface area contributed by atoms with Crippen molar-refractivity contribution < 1.29 is 14.4 Å². The van der Waals surface area contributed by atoms with Crippen LogP contribution in [0.1, 0.15) is 39.5 Å². The Kier molecular flexibility index (Phi) is 5.98. The number of imide groups is 2. The Morgan fingerprint density at radius 2 is 1.26 bits per heavy atom. The van der Waals surface area contributed by atoms with Crippen molar-refractivity contribution in [1.82, 2.24) is 9.80 Å². The third kappa shape index (κ3) is 3.37. The van der Waals surface area contributed by atoms with Crippen molar-refractivity contribution in [2.75, 3.05) is 13.1 Å². The summed E-state index contributed by atoms with van der Waals surface area (Å²) >= 11 is 6.19. The Morgan fingerprint density at radius 3 is 1.58 bits per heavy atom. The van der Waals surface area contributed by atoms with E-state index in [1.54, 1.807) is 0 Å². The average Bonchev–Trinajstić information content (AvgIpc) is 2.37. The molecular formula is C12H18Br2N2O3. The van der Waals surface area contributed by atoms with E-state index in [4.69, 9.17) is 0 Å². The van der Waals surface area contributed by atoms with Gasteiger partial charge >= 0.3 is 6.03 Å². The van der Waals surface area contributed by atoms with Crippen LogP contribution in [0.4, 0.5) is 4.79 Å². The molecule has 1 saturated heterocycles. The first-order valence-corrected chi connectivity index (χ1v) is 8.02. The number of unbranched alkanes of at least 4 members (excludes halogenated alkanes) is 2. The highest BCUT2D eigenvalue weighted by Crippen LogP contribution is 2.35. The number of carbonyl (C=O) groups excluding carboxylic acids is 3. The molecule has 0 radical (unpaired) electrons. The summed E-state index contributed by atoms with van der Waals surface area (Å²) in [6, 6.07) is -0.508. The second kappa shape index (κ2) is 6.83. The van der Waals surface area contributed by atoms with E-state index >= 15 is 0 Å². The number of rotatable bonds is 6. The van der Waals surface area contributed by atoms with Gasteiger partial charge in [0.15, 0.2) is 0 Å². The van der Waals surface area contributed by atoms with Gasteiger partial charge in [0.2, 0.25) is 3.23 Å². The predicted octanol–water partition coefficient (Wildman–Crippen LogP) is 2.86. The van der Waals surface area contributed by atoms with E-state index < -0.39 is 21.1 Å². The van der Waals surface area contributed by atoms with Gasteiger partial charge in [-0.1, -0.05) is 58.5 Å². The number of alkyl halides is 2. The minimum absolute atomic E-state index is 0.336. The number of nitrogens with zero attached hydrogens (tertiary/aromatic N) is 2. The molecule has 0 bridgehead atoms. The molecule has 0 aliphatic carbocycles. The molecule has 108 valence electrons. The molecule has 1 aliphatic heterocycles. The fourth-order valence-electron chi connectivity index (χ4n) is 1.78. The molecule has 5 nitrogen and oxygen atoms in total. The number of halogens is 2. The van der Waals surface area contributed by atoms with Crippen LogP contribution in [0, 0.1) is 0 Å². The topological polar surface area (TPSA) is 57.7 Å². The van der Waals surface area contributed by atoms with Crippen molar-refractivity contribution in [3.63, 3.8) is 0 Å². The highest BCUT2D eigenvalue weighted by molar-refractivity contribution is 9.26. The fraction of sp³-hybridized carbons (Fsp3) is 0.750. The van der Waals surface area contributed by atoms with Crippen LogP contribution < -0.4 is 0 Å². The first-order chi connectivity index (χ1) is 8.87. The maximum Gasteiger partial charge on any atom is 0.333 e. The van der Waals surface area contributed by atoms with E-state index in [0.717, 1.165) is 35.5 Å². The van der Waals surface area contributed by atoms with E-state index in [1.807, 2.05) is 13.8 Å². The lowest BCUT2D eigenvalue weighted by molar-refractivity contribution is -0.142. The number of hydrogen-bond acceptors (Lipinski definition) is 3. The molecule has 0 unspecified atom stereocenters. The molecule has 0 aromatic heterocycles. The lowest BCUT2D eigenvalue weighted by Crippen LogP contribution is -2.64. The summed E-state index contributed by atoms with van der Waals surface area (Å²) in [4.78, 5) is 38.8. The lowest BCUT2D eigenvalue weighted by atomic mass is 10.2. The van der Waals surface area contributed by atoms with Gasteiger partial charge in [-0.2, -0.15) is 0 Å². The second-order valence-electron chi connectivity index (χ2n) is 4.48. The van der Waals surface area contributed by atoms with E-state index in [2.05, 4.69) is 31.9 Å². The van der Waals surface area contributed by atoms with Crippen LogP contribution in [0.5, 0.6) is 0 Å². The largest absolute Gasteiger partial charge is 0.333 e. The van der Waals surface area contributed by atoms with Crippen LogP contribution in [0.25, 0.3) is 0 Å². The van der Waals surface area contributed by atoms with Crippen LogP contribution in [-0.2, 0) is 9.59 Å². The molecule has 0 aromatic carbocycles. The Labute approximate surface area is 129 Å². The monoisotopic (exact) mass is 396 g/mol. The molecule has 0 spiro atoms. The Morgan fingerprint density at radius 1 is 0.895 bits per heavy atom. The Balaban J connectivity index is 2.97. The van der Waals surface area contributed by atoms with Crippen LogP contribution in [0.2, 0.25) is 0 Å². The van der Waals surface area contributed by atoms with Gasteiger partial charge in [-0.25, -0.2) is 4.79 Å². The van der Waals surface area contributed by atoms with Crippen molar-refractivity contribution in [3.05, 3.63) is 0 Å². The normalized spacial score (nSPS) is 19.3. The van der Waals surface area contributed by atoms with Gasteiger partial charge in [0.25, 0.3) is 11.8 Å². The van der Waals surface area contributed by atoms with Gasteiger partial charge in [-0.15, -0.1) is 0 Å². The standard InChI is InChI=1S/C12H18Br2N2O3/c1-3-5-7-15-9(17)12(13,14)10(18)16(11(15)19)8-6-4-2/h3-8H2,1-2H3. The van der Waals surface area contributed by atoms with E-state index in [-0.39, 0.29) is 0 Å². The molecule has 4 amide bonds. The van der Waals surface area contributed by atoms with Crippen LogP contribution >= 0.6 is 31.9 Å². The first-order valence-electron chi connectivity index (χ1n) is 6.43. The zero-order valence-corrected chi connectivity index (χ0v) is 14.3. The van der Waals surface area contributed by atoms with Crippen LogP contribution in [0.3, 0.4) is 0 Å². The molecular weight excluding hydrogens is 380 g/mol. The second-order valence-corrected chi connectivity index (χ2v) is 7.92. The summed E-state index contributed by atoms with van der Waals surface area (Å²) in [5.41, 5.74) is 0. The molecule has 1 heterocycles. The van der Waals surface area contributed by atoms with Gasteiger partial charge < -0.3 is 0 Å². The van der Waals surface area contributed by atoms with E-state index in [1.165, 1.54) is 0 Å². The summed E-state index contributed by atoms with van der Waals surface area (Å²) in [6.07, 6.45) is 3.20. The molecule has 0 saturated carbocycles. The van der Waals surface area contributed by atoms with Crippen molar-refractivity contribution in [2.24, 2.45) is 0 Å². The zero-order valence-electron chi connectivity index (χ0n) is 11.1. The van der Waals surface area contributed by atoms with E-state index in [0.29, 0.717) is 13.1 Å². The van der Waals surface area contributed by atoms with Crippen LogP contribution in [0.15, 0.2) is 0 Å². The quantitative estimate of drug-likeness (QED) is 0.511. The Hall–Kier alpha value is -0.430. The highest BCUT2D eigenvalue weighted by atomic mass is 79.9. The molecule has 0 N–H and O–H groups in total. The number of urea groups is 1. The maximum absolute atomic E-state index is 12.2. The molecule has 7 heteroatoms. The van der Waals surface area contributed by atoms with Gasteiger partial charge in [0.05, 0.1) is 0 Å². The van der Waals surface area contributed by atoms with Crippen LogP contribution in [-0.4, -0.2) is 44.0 Å². The number of carbonyl (C=O) groups is 3. The van der Waals surface area contributed by atoms with Crippen molar-refractivity contribution in [3.8, 4) is 0 Å². The SMILES string of the molecule is CCCCN1C(=O)N(CCCC)C(=O)C(Br)(Br)C1=O. The molecule has 1 rings (SSSR count). The molecule has 0 aromatic rings. The number of hydrogen-bond donors (Lipinski definition) is 0. The molecule has 1 fully saturated rings. The minimum Gasteiger partial charge on any atom is -0.271 e. The smallest absolute Gasteiger partial charge is 0.271 e. The number of amides is 4. The first kappa shape index (κ1) is 16.6. The van der Waals surface area contributed by atoms with Crippen molar-refractivity contribution >= 4 is 49.7 Å². The third-order valence-electron chi connectivity index (χ3n) is 2.96. The molecule has 0 atom stereocenters. The summed E-state index contributed by atoms with van der Waals surface area (Å²) in [7, 11) is 0. The van der Waals surface area contributed by atoms with Crippen molar-refractivity contribution in [2.45, 2.75) is 42.8 Å². The third-order valence-corrected chi connectivity index (χ3v) is 4.32. The van der Waals surface area contributed by atoms with Gasteiger partial charge in [0.1, 0.15) is 0 Å². The van der Waals surface area contributed by atoms with Gasteiger partial charge in [-0.05, 0) is 12.8 Å². The summed E-state index contributed by atoms with van der Waals surface area (Å²) < 4.78 is -1.50. The average molecular weight is 398 g/mol. The molecule has 1 aliphatic rings. The minimum atomic E-state index is -1.50. The fourth-order valence-corrected chi connectivity index (χ4v) is 2.63. The van der Waals surface area contributed by atoms with Gasteiger partial charge in [-0.3, -0.25) is 19.4 Å². The van der Waals surface area contributed by atoms with Crippen molar-refractivity contribution in [1.29, 1.82) is 0 Å². The highest BCUT2D eigenvalue weighted by Gasteiger charge is 2.54. The predicted molar refractivity (Wildman–Crippen MR) is 79.2 cm³/mol. The summed E-state index contributed by atoms with van der Waals surface area (Å²) in [5.74, 6) is -1.08.